The maximum absolute atomic E-state index is 11.6. The summed E-state index contributed by atoms with van der Waals surface area (Å²) in [4.78, 5) is -0.404. The molecule has 4 N–H and O–H groups in total. The van der Waals surface area contributed by atoms with Gasteiger partial charge in [0.2, 0.25) is 0 Å². The normalized spacial score (nSPS) is 11.9. The third-order valence-corrected chi connectivity index (χ3v) is 4.61. The van der Waals surface area contributed by atoms with Crippen molar-refractivity contribution in [1.29, 1.82) is 0 Å². The van der Waals surface area contributed by atoms with Crippen LogP contribution in [0.25, 0.3) is 10.8 Å². The number of phenols is 1. The molecule has 0 heterocycles. The fourth-order valence-electron chi connectivity index (χ4n) is 2.50. The molecule has 0 bridgehead atoms. The van der Waals surface area contributed by atoms with Gasteiger partial charge in [0.05, 0.1) is 18.5 Å². The number of aromatic hydroxyl groups is 1. The Balaban J connectivity index is 2.16. The number of phenolic OH excluding ortho intramolecular Hbond substituents is 1. The van der Waals surface area contributed by atoms with E-state index in [4.69, 9.17) is 10.5 Å². The smallest absolute Gasteiger partial charge is 0.295 e. The van der Waals surface area contributed by atoms with Crippen LogP contribution in [0.3, 0.4) is 0 Å². The van der Waals surface area contributed by atoms with Crippen molar-refractivity contribution in [2.45, 2.75) is 4.90 Å². The summed E-state index contributed by atoms with van der Waals surface area (Å²) < 4.78 is 37.6. The van der Waals surface area contributed by atoms with E-state index in [0.29, 0.717) is 22.5 Å². The lowest BCUT2D eigenvalue weighted by atomic mass is 10.1. The van der Waals surface area contributed by atoms with Gasteiger partial charge in [-0.1, -0.05) is 24.3 Å². The molecule has 0 radical (unpaired) electrons. The Labute approximate surface area is 149 Å². The van der Waals surface area contributed by atoms with Crippen LogP contribution < -0.4 is 10.5 Å². The molecule has 0 aliphatic heterocycles. The minimum Gasteiger partial charge on any atom is -0.506 e. The highest BCUT2D eigenvalue weighted by Crippen LogP contribution is 2.40. The zero-order chi connectivity index (χ0) is 18.9. The summed E-state index contributed by atoms with van der Waals surface area (Å²) in [6, 6.07) is 12.1. The van der Waals surface area contributed by atoms with Crippen LogP contribution in [-0.4, -0.2) is 25.2 Å². The van der Waals surface area contributed by atoms with Crippen LogP contribution in [0, 0.1) is 0 Å². The molecular weight excluding hydrogens is 358 g/mol. The first-order valence-electron chi connectivity index (χ1n) is 7.38. The monoisotopic (exact) mass is 373 g/mol. The van der Waals surface area contributed by atoms with E-state index in [0.717, 1.165) is 6.07 Å². The number of hydrogen-bond donors (Lipinski definition) is 3. The van der Waals surface area contributed by atoms with Gasteiger partial charge in [0.1, 0.15) is 22.1 Å². The molecule has 3 rings (SSSR count). The number of azo groups is 1. The Bertz CT molecular complexity index is 1130. The largest absolute Gasteiger partial charge is 0.506 e. The van der Waals surface area contributed by atoms with Gasteiger partial charge in [-0.15, -0.1) is 5.11 Å². The van der Waals surface area contributed by atoms with Crippen molar-refractivity contribution in [3.8, 4) is 11.5 Å². The van der Waals surface area contributed by atoms with Crippen LogP contribution in [0.5, 0.6) is 11.5 Å². The number of nitrogens with two attached hydrogens (primary N) is 1. The molecule has 0 aliphatic carbocycles. The second-order valence-electron chi connectivity index (χ2n) is 5.39. The van der Waals surface area contributed by atoms with Gasteiger partial charge in [0.15, 0.2) is 0 Å². The van der Waals surface area contributed by atoms with E-state index in [2.05, 4.69) is 10.2 Å². The highest BCUT2D eigenvalue weighted by molar-refractivity contribution is 7.86. The van der Waals surface area contributed by atoms with E-state index in [1.54, 1.807) is 36.4 Å². The summed E-state index contributed by atoms with van der Waals surface area (Å²) >= 11 is 0. The van der Waals surface area contributed by atoms with Crippen molar-refractivity contribution in [3.63, 3.8) is 0 Å². The van der Waals surface area contributed by atoms with Gasteiger partial charge >= 0.3 is 0 Å². The first-order valence-corrected chi connectivity index (χ1v) is 8.82. The molecule has 3 aromatic rings. The Morgan fingerprint density at radius 3 is 2.38 bits per heavy atom. The molecule has 0 aromatic heterocycles. The molecule has 134 valence electrons. The molecule has 0 fully saturated rings. The molecule has 0 atom stereocenters. The topological polar surface area (TPSA) is 135 Å². The quantitative estimate of drug-likeness (QED) is 0.362. The Morgan fingerprint density at radius 1 is 1.04 bits per heavy atom. The number of methoxy groups -OCH3 is 1. The van der Waals surface area contributed by atoms with E-state index in [1.807, 2.05) is 0 Å². The second kappa shape index (κ2) is 6.62. The zero-order valence-electron chi connectivity index (χ0n) is 13.6. The highest BCUT2D eigenvalue weighted by atomic mass is 32.2. The van der Waals surface area contributed by atoms with Gasteiger partial charge in [-0.05, 0) is 12.1 Å². The Hall–Kier alpha value is -3.17. The van der Waals surface area contributed by atoms with Crippen molar-refractivity contribution >= 4 is 38.0 Å². The van der Waals surface area contributed by atoms with Crippen molar-refractivity contribution in [2.75, 3.05) is 12.8 Å². The first kappa shape index (κ1) is 17.6. The van der Waals surface area contributed by atoms with Gasteiger partial charge in [-0.2, -0.15) is 13.5 Å². The minimum atomic E-state index is -4.51. The number of rotatable bonds is 4. The van der Waals surface area contributed by atoms with Crippen molar-refractivity contribution < 1.29 is 22.8 Å². The van der Waals surface area contributed by atoms with Crippen LogP contribution in [0.15, 0.2) is 63.7 Å². The van der Waals surface area contributed by atoms with Gasteiger partial charge in [0.25, 0.3) is 10.1 Å². The summed E-state index contributed by atoms with van der Waals surface area (Å²) in [7, 11) is -3.04. The molecule has 8 nitrogen and oxygen atoms in total. The lowest BCUT2D eigenvalue weighted by Crippen LogP contribution is -1.99. The molecule has 0 saturated carbocycles. The maximum atomic E-state index is 11.6. The number of benzene rings is 3. The van der Waals surface area contributed by atoms with Gasteiger partial charge < -0.3 is 15.6 Å². The van der Waals surface area contributed by atoms with Crippen molar-refractivity contribution in [3.05, 3.63) is 48.5 Å². The summed E-state index contributed by atoms with van der Waals surface area (Å²) in [6.45, 7) is 0. The van der Waals surface area contributed by atoms with Crippen LogP contribution in [-0.2, 0) is 10.1 Å². The molecule has 0 aliphatic rings. The average molecular weight is 373 g/mol. The third-order valence-electron chi connectivity index (χ3n) is 3.72. The number of nitrogen functional groups attached to an aromatic ring is 1. The molecule has 26 heavy (non-hydrogen) atoms. The predicted molar refractivity (Wildman–Crippen MR) is 97.0 cm³/mol. The number of hydrogen-bond acceptors (Lipinski definition) is 7. The first-order chi connectivity index (χ1) is 12.3. The fraction of sp³-hybridized carbons (Fsp3) is 0.0588. The van der Waals surface area contributed by atoms with E-state index < -0.39 is 20.8 Å². The van der Waals surface area contributed by atoms with Crippen molar-refractivity contribution in [1.82, 2.24) is 0 Å². The predicted octanol–water partition coefficient (Wildman–Crippen LogP) is 3.80. The van der Waals surface area contributed by atoms with E-state index >= 15 is 0 Å². The number of nitrogens with zero attached hydrogens (tertiary/aromatic N) is 2. The molecule has 0 unspecified atom stereocenters. The van der Waals surface area contributed by atoms with Crippen LogP contribution in [0.2, 0.25) is 0 Å². The second-order valence-corrected chi connectivity index (χ2v) is 6.78. The molecule has 9 heteroatoms. The summed E-state index contributed by atoms with van der Waals surface area (Å²) in [6.07, 6.45) is 0. The summed E-state index contributed by atoms with van der Waals surface area (Å²) in [5.74, 6) is -0.000244. The minimum absolute atomic E-state index is 0.0730. The van der Waals surface area contributed by atoms with E-state index in [9.17, 15) is 18.1 Å². The van der Waals surface area contributed by atoms with Gasteiger partial charge in [-0.25, -0.2) is 0 Å². The lowest BCUT2D eigenvalue weighted by Gasteiger charge is -2.08. The van der Waals surface area contributed by atoms with Crippen LogP contribution in [0.1, 0.15) is 0 Å². The Kier molecular flexibility index (Phi) is 4.49. The third kappa shape index (κ3) is 3.30. The number of ether oxygens (including phenoxy) is 1. The zero-order valence-corrected chi connectivity index (χ0v) is 14.4. The van der Waals surface area contributed by atoms with Crippen LogP contribution in [0.4, 0.5) is 17.1 Å². The van der Waals surface area contributed by atoms with Crippen LogP contribution >= 0.6 is 0 Å². The average Bonchev–Trinajstić information content (AvgIpc) is 2.60. The van der Waals surface area contributed by atoms with E-state index in [-0.39, 0.29) is 11.1 Å². The standard InChI is InChI=1S/C17H15N3O5S/c1-25-15-8-10(6-7-13(15)18)19-20-17-12-5-3-2-4-11(12)16(9-14(17)21)26(22,23)24/h2-9,21H,18H2,1H3,(H,22,23,24). The SMILES string of the molecule is COc1cc(N=Nc2c(O)cc(S(=O)(=O)O)c3ccccc23)ccc1N. The maximum Gasteiger partial charge on any atom is 0.295 e. The molecular formula is C17H15N3O5S. The van der Waals surface area contributed by atoms with E-state index in [1.165, 1.54) is 13.2 Å². The number of fused-ring (bicyclic) bond motifs is 1. The fourth-order valence-corrected chi connectivity index (χ4v) is 3.22. The summed E-state index contributed by atoms with van der Waals surface area (Å²) in [5.41, 5.74) is 6.69. The Morgan fingerprint density at radius 2 is 1.73 bits per heavy atom. The molecule has 0 amide bonds. The molecule has 3 aromatic carbocycles. The van der Waals surface area contributed by atoms with Gasteiger partial charge in [-0.3, -0.25) is 4.55 Å². The van der Waals surface area contributed by atoms with Gasteiger partial charge in [0, 0.05) is 22.9 Å². The highest BCUT2D eigenvalue weighted by Gasteiger charge is 2.19. The molecule has 0 saturated heterocycles. The lowest BCUT2D eigenvalue weighted by molar-refractivity contribution is 0.417. The van der Waals surface area contributed by atoms with Crippen molar-refractivity contribution in [2.24, 2.45) is 10.2 Å². The molecule has 0 spiro atoms. The summed E-state index contributed by atoms with van der Waals surface area (Å²) in [5, 5.41) is 18.8. The number of anilines is 1.